The number of nitrogens with zero attached hydrogens (tertiary/aromatic N) is 2. The third-order valence-corrected chi connectivity index (χ3v) is 5.32. The molecule has 4 rings (SSSR count). The molecule has 0 aliphatic heterocycles. The zero-order chi connectivity index (χ0) is 21.5. The van der Waals surface area contributed by atoms with Gasteiger partial charge in [-0.15, -0.1) is 11.3 Å². The smallest absolute Gasteiger partial charge is 0.248 e. The predicted octanol–water partition coefficient (Wildman–Crippen LogP) is 5.05. The van der Waals surface area contributed by atoms with Crippen LogP contribution < -0.4 is 16.4 Å². The van der Waals surface area contributed by atoms with Gasteiger partial charge in [0.2, 0.25) is 5.91 Å². The van der Waals surface area contributed by atoms with Crippen molar-refractivity contribution in [3.63, 3.8) is 0 Å². The Labute approximate surface area is 184 Å². The van der Waals surface area contributed by atoms with Crippen molar-refractivity contribution in [1.82, 2.24) is 9.97 Å². The lowest BCUT2D eigenvalue weighted by atomic mass is 10.1. The molecular weight excluding hydrogens is 406 g/mol. The van der Waals surface area contributed by atoms with Crippen LogP contribution in [0.25, 0.3) is 17.3 Å². The van der Waals surface area contributed by atoms with E-state index in [9.17, 15) is 4.79 Å². The maximum absolute atomic E-state index is 12.2. The summed E-state index contributed by atoms with van der Waals surface area (Å²) in [5.41, 5.74) is 11.0. The number of carbonyl (C=O) groups excluding carboxylic acids is 1. The Balaban J connectivity index is 1.35. The van der Waals surface area contributed by atoms with Crippen LogP contribution in [0.15, 0.2) is 84.5 Å². The van der Waals surface area contributed by atoms with Gasteiger partial charge in [-0.1, -0.05) is 30.3 Å². The number of nitrogen functional groups attached to an aromatic ring is 1. The second-order valence-electron chi connectivity index (χ2n) is 6.78. The molecule has 0 unspecified atom stereocenters. The number of para-hydroxylation sites is 2. The molecule has 0 saturated heterocycles. The van der Waals surface area contributed by atoms with Crippen LogP contribution in [-0.4, -0.2) is 15.9 Å². The van der Waals surface area contributed by atoms with E-state index >= 15 is 0 Å². The number of amides is 1. The molecule has 7 heteroatoms. The van der Waals surface area contributed by atoms with Gasteiger partial charge in [-0.25, -0.2) is 4.98 Å². The molecule has 2 aromatic heterocycles. The van der Waals surface area contributed by atoms with Crippen LogP contribution in [-0.2, 0) is 11.3 Å². The summed E-state index contributed by atoms with van der Waals surface area (Å²) < 4.78 is 0. The SMILES string of the molecule is Nc1ccccc1NC(=O)/C=C/c1cccc(CNc2nc(-c3ccncc3)cs2)c1. The summed E-state index contributed by atoms with van der Waals surface area (Å²) in [6.45, 7) is 0.637. The van der Waals surface area contributed by atoms with Gasteiger partial charge in [-0.2, -0.15) is 0 Å². The lowest BCUT2D eigenvalue weighted by molar-refractivity contribution is -0.111. The molecule has 2 heterocycles. The van der Waals surface area contributed by atoms with Gasteiger partial charge >= 0.3 is 0 Å². The first-order chi connectivity index (χ1) is 15.2. The van der Waals surface area contributed by atoms with Crippen molar-refractivity contribution in [1.29, 1.82) is 0 Å². The monoisotopic (exact) mass is 427 g/mol. The summed E-state index contributed by atoms with van der Waals surface area (Å²) in [6, 6.07) is 19.0. The molecule has 4 aromatic rings. The number of aromatic nitrogens is 2. The highest BCUT2D eigenvalue weighted by atomic mass is 32.1. The first-order valence-corrected chi connectivity index (χ1v) is 10.6. The lowest BCUT2D eigenvalue weighted by Crippen LogP contribution is -2.09. The Morgan fingerprint density at radius 1 is 1.06 bits per heavy atom. The maximum Gasteiger partial charge on any atom is 0.248 e. The van der Waals surface area contributed by atoms with Gasteiger partial charge in [-0.3, -0.25) is 9.78 Å². The summed E-state index contributed by atoms with van der Waals surface area (Å²) >= 11 is 1.56. The molecule has 6 nitrogen and oxygen atoms in total. The lowest BCUT2D eigenvalue weighted by Gasteiger charge is -2.06. The van der Waals surface area contributed by atoms with E-state index in [2.05, 4.69) is 20.6 Å². The van der Waals surface area contributed by atoms with Gasteiger partial charge in [-0.05, 0) is 47.5 Å². The first-order valence-electron chi connectivity index (χ1n) is 9.70. The van der Waals surface area contributed by atoms with Gasteiger partial charge in [0, 0.05) is 36.0 Å². The number of benzene rings is 2. The Kier molecular flexibility index (Phi) is 6.35. The summed E-state index contributed by atoms with van der Waals surface area (Å²) in [4.78, 5) is 20.8. The zero-order valence-electron chi connectivity index (χ0n) is 16.7. The highest BCUT2D eigenvalue weighted by Gasteiger charge is 2.05. The number of nitrogens with two attached hydrogens (primary N) is 1. The van der Waals surface area contributed by atoms with Crippen LogP contribution in [0.5, 0.6) is 0 Å². The van der Waals surface area contributed by atoms with Crippen molar-refractivity contribution in [2.75, 3.05) is 16.4 Å². The second kappa shape index (κ2) is 9.69. The normalized spacial score (nSPS) is 10.8. The highest BCUT2D eigenvalue weighted by molar-refractivity contribution is 7.14. The van der Waals surface area contributed by atoms with Crippen LogP contribution >= 0.6 is 11.3 Å². The van der Waals surface area contributed by atoms with Crippen LogP contribution in [0.3, 0.4) is 0 Å². The van der Waals surface area contributed by atoms with Crippen LogP contribution in [0.4, 0.5) is 16.5 Å². The van der Waals surface area contributed by atoms with E-state index in [1.807, 2.05) is 53.9 Å². The fourth-order valence-electron chi connectivity index (χ4n) is 2.95. The number of hydrogen-bond acceptors (Lipinski definition) is 6. The van der Waals surface area contributed by atoms with Crippen molar-refractivity contribution in [2.24, 2.45) is 0 Å². The summed E-state index contributed by atoms with van der Waals surface area (Å²) in [5, 5.41) is 9.02. The van der Waals surface area contributed by atoms with E-state index in [1.54, 1.807) is 41.9 Å². The second-order valence-corrected chi connectivity index (χ2v) is 7.64. The average molecular weight is 428 g/mol. The Hall–Kier alpha value is -3.97. The number of nitrogens with one attached hydrogen (secondary N) is 2. The molecule has 0 fully saturated rings. The van der Waals surface area contributed by atoms with Crippen LogP contribution in [0.1, 0.15) is 11.1 Å². The van der Waals surface area contributed by atoms with Crippen LogP contribution in [0, 0.1) is 0 Å². The molecule has 0 aliphatic carbocycles. The molecule has 2 aromatic carbocycles. The van der Waals surface area contributed by atoms with E-state index in [1.165, 1.54) is 6.08 Å². The van der Waals surface area contributed by atoms with Gasteiger partial charge < -0.3 is 16.4 Å². The molecule has 1 amide bonds. The van der Waals surface area contributed by atoms with Crippen molar-refractivity contribution in [3.05, 3.63) is 95.6 Å². The predicted molar refractivity (Wildman–Crippen MR) is 128 cm³/mol. The number of carbonyl (C=O) groups is 1. The number of thiazole rings is 1. The number of hydrogen-bond donors (Lipinski definition) is 3. The van der Waals surface area contributed by atoms with Gasteiger partial charge in [0.25, 0.3) is 0 Å². The Morgan fingerprint density at radius 3 is 2.74 bits per heavy atom. The van der Waals surface area contributed by atoms with Gasteiger partial charge in [0.05, 0.1) is 17.1 Å². The molecule has 0 bridgehead atoms. The molecule has 4 N–H and O–H groups in total. The molecule has 0 atom stereocenters. The van der Waals surface area contributed by atoms with Crippen molar-refractivity contribution in [3.8, 4) is 11.3 Å². The Bertz CT molecular complexity index is 1200. The molecule has 31 heavy (non-hydrogen) atoms. The largest absolute Gasteiger partial charge is 0.397 e. The number of rotatable bonds is 7. The van der Waals surface area contributed by atoms with E-state index in [0.717, 1.165) is 27.5 Å². The molecule has 0 radical (unpaired) electrons. The third-order valence-electron chi connectivity index (χ3n) is 4.52. The molecule has 0 aliphatic rings. The topological polar surface area (TPSA) is 92.9 Å². The summed E-state index contributed by atoms with van der Waals surface area (Å²) in [6.07, 6.45) is 6.80. The average Bonchev–Trinajstić information content (AvgIpc) is 3.28. The van der Waals surface area contributed by atoms with Crippen molar-refractivity contribution >= 4 is 39.8 Å². The molecule has 0 spiro atoms. The van der Waals surface area contributed by atoms with Crippen LogP contribution in [0.2, 0.25) is 0 Å². The van der Waals surface area contributed by atoms with E-state index in [-0.39, 0.29) is 5.91 Å². The fraction of sp³-hybridized carbons (Fsp3) is 0.0417. The minimum Gasteiger partial charge on any atom is -0.397 e. The number of pyridine rings is 1. The highest BCUT2D eigenvalue weighted by Crippen LogP contribution is 2.24. The van der Waals surface area contributed by atoms with E-state index < -0.39 is 0 Å². The molecule has 0 saturated carbocycles. The van der Waals surface area contributed by atoms with Crippen molar-refractivity contribution in [2.45, 2.75) is 6.54 Å². The summed E-state index contributed by atoms with van der Waals surface area (Å²) in [7, 11) is 0. The third kappa shape index (κ3) is 5.55. The standard InChI is InChI=1S/C24H21N5OS/c25-20-6-1-2-7-21(20)28-23(30)9-8-17-4-3-5-18(14-17)15-27-24-29-22(16-31-24)19-10-12-26-13-11-19/h1-14,16H,15,25H2,(H,27,29)(H,28,30)/b9-8+. The van der Waals surface area contributed by atoms with E-state index in [4.69, 9.17) is 5.73 Å². The minimum absolute atomic E-state index is 0.229. The molecule has 154 valence electrons. The first kappa shape index (κ1) is 20.3. The fourth-order valence-corrected chi connectivity index (χ4v) is 3.67. The van der Waals surface area contributed by atoms with Gasteiger partial charge in [0.15, 0.2) is 5.13 Å². The van der Waals surface area contributed by atoms with Crippen molar-refractivity contribution < 1.29 is 4.79 Å². The molecular formula is C24H21N5OS. The number of anilines is 3. The van der Waals surface area contributed by atoms with E-state index in [0.29, 0.717) is 17.9 Å². The van der Waals surface area contributed by atoms with Gasteiger partial charge in [0.1, 0.15) is 0 Å². The quantitative estimate of drug-likeness (QED) is 0.283. The maximum atomic E-state index is 12.2. The summed E-state index contributed by atoms with van der Waals surface area (Å²) in [5.74, 6) is -0.229. The Morgan fingerprint density at radius 2 is 1.90 bits per heavy atom. The minimum atomic E-state index is -0.229. The zero-order valence-corrected chi connectivity index (χ0v) is 17.5.